The van der Waals surface area contributed by atoms with Gasteiger partial charge in [-0.3, -0.25) is 9.36 Å². The summed E-state index contributed by atoms with van der Waals surface area (Å²) < 4.78 is 13.4. The molecule has 14 heavy (non-hydrogen) atoms. The van der Waals surface area contributed by atoms with E-state index in [0.29, 0.717) is 11.2 Å². The van der Waals surface area contributed by atoms with Gasteiger partial charge in [-0.2, -0.15) is 9.88 Å². The van der Waals surface area contributed by atoms with Crippen molar-refractivity contribution in [3.05, 3.63) is 0 Å². The van der Waals surface area contributed by atoms with Crippen LogP contribution in [-0.2, 0) is 14.2 Å². The summed E-state index contributed by atoms with van der Waals surface area (Å²) in [7, 11) is -3.04. The summed E-state index contributed by atoms with van der Waals surface area (Å²) in [6.45, 7) is 4.59. The molecule has 76 valence electrons. The van der Waals surface area contributed by atoms with Crippen LogP contribution >= 0.6 is 7.29 Å². The third kappa shape index (κ3) is 0.917. The van der Waals surface area contributed by atoms with Crippen LogP contribution in [0.1, 0.15) is 20.8 Å². The Bertz CT molecular complexity index is 414. The number of amides is 1. The maximum absolute atomic E-state index is 12.4. The van der Waals surface area contributed by atoms with Crippen molar-refractivity contribution >= 4 is 24.4 Å². The number of oxime groups is 1. The number of hydrogen-bond donors (Lipinski definition) is 0. The highest BCUT2D eigenvalue weighted by molar-refractivity contribution is 7.81. The van der Waals surface area contributed by atoms with Gasteiger partial charge in [0.15, 0.2) is 0 Å². The highest BCUT2D eigenvalue weighted by atomic mass is 31.2. The molecule has 0 aromatic carbocycles. The number of rotatable bonds is 0. The topological polar surface area (TPSA) is 71.3 Å². The van der Waals surface area contributed by atoms with Gasteiger partial charge >= 0.3 is 0 Å². The lowest BCUT2D eigenvalue weighted by Crippen LogP contribution is -2.22. The molecule has 0 bridgehead atoms. The summed E-state index contributed by atoms with van der Waals surface area (Å²) >= 11 is 0. The van der Waals surface area contributed by atoms with Crippen LogP contribution in [0.15, 0.2) is 10.3 Å². The average molecular weight is 215 g/mol. The van der Waals surface area contributed by atoms with Gasteiger partial charge in [0.25, 0.3) is 7.29 Å². The second-order valence-corrected chi connectivity index (χ2v) is 6.01. The predicted molar refractivity (Wildman–Crippen MR) is 51.2 cm³/mol. The SMILES string of the molecule is CC(=O)N1N=C(C)C2ON=C(C)P21=O. The largest absolute Gasteiger partial charge is 0.375 e. The maximum Gasteiger partial charge on any atom is 0.287 e. The predicted octanol–water partition coefficient (Wildman–Crippen LogP) is 1.19. The van der Waals surface area contributed by atoms with Crippen LogP contribution in [0.25, 0.3) is 0 Å². The summed E-state index contributed by atoms with van der Waals surface area (Å²) in [6, 6.07) is 0. The molecule has 0 saturated heterocycles. The minimum Gasteiger partial charge on any atom is -0.375 e. The lowest BCUT2D eigenvalue weighted by atomic mass is 10.5. The third-order valence-electron chi connectivity index (χ3n) is 2.24. The monoisotopic (exact) mass is 215 g/mol. The molecule has 0 N–H and O–H groups in total. The molecule has 0 fully saturated rings. The molecule has 1 amide bonds. The molecule has 2 aliphatic rings. The van der Waals surface area contributed by atoms with Crippen molar-refractivity contribution in [2.75, 3.05) is 0 Å². The second kappa shape index (κ2) is 2.67. The van der Waals surface area contributed by atoms with Crippen LogP contribution in [0.5, 0.6) is 0 Å². The molecule has 0 aromatic heterocycles. The van der Waals surface area contributed by atoms with Gasteiger partial charge in [0.2, 0.25) is 11.8 Å². The van der Waals surface area contributed by atoms with Crippen molar-refractivity contribution in [2.45, 2.75) is 26.6 Å². The van der Waals surface area contributed by atoms with Crippen LogP contribution in [0, 0.1) is 0 Å². The van der Waals surface area contributed by atoms with Gasteiger partial charge in [0, 0.05) is 6.92 Å². The number of hydrogen-bond acceptors (Lipinski definition) is 5. The van der Waals surface area contributed by atoms with E-state index in [4.69, 9.17) is 4.84 Å². The fraction of sp³-hybridized carbons (Fsp3) is 0.571. The zero-order valence-electron chi connectivity index (χ0n) is 8.09. The van der Waals surface area contributed by atoms with E-state index < -0.39 is 13.1 Å². The third-order valence-corrected chi connectivity index (χ3v) is 5.29. The summed E-state index contributed by atoms with van der Waals surface area (Å²) in [4.78, 5) is 16.2. The maximum atomic E-state index is 12.4. The van der Waals surface area contributed by atoms with Crippen molar-refractivity contribution in [3.8, 4) is 0 Å². The van der Waals surface area contributed by atoms with Crippen molar-refractivity contribution in [3.63, 3.8) is 0 Å². The van der Waals surface area contributed by atoms with Crippen LogP contribution in [0.2, 0.25) is 0 Å². The molecule has 2 atom stereocenters. The lowest BCUT2D eigenvalue weighted by Gasteiger charge is -2.17. The minimum atomic E-state index is -3.04. The summed E-state index contributed by atoms with van der Waals surface area (Å²) in [5.74, 6) is -1.01. The molecule has 0 radical (unpaired) electrons. The Morgan fingerprint density at radius 2 is 2.21 bits per heavy atom. The average Bonchev–Trinajstić information content (AvgIpc) is 2.52. The van der Waals surface area contributed by atoms with Crippen LogP contribution in [-0.4, -0.2) is 27.7 Å². The molecule has 2 heterocycles. The first-order chi connectivity index (χ1) is 6.48. The molecule has 2 rings (SSSR count). The van der Waals surface area contributed by atoms with Crippen LogP contribution in [0.4, 0.5) is 0 Å². The smallest absolute Gasteiger partial charge is 0.287 e. The highest BCUT2D eigenvalue weighted by Gasteiger charge is 2.55. The van der Waals surface area contributed by atoms with E-state index in [0.717, 1.165) is 4.78 Å². The van der Waals surface area contributed by atoms with Gasteiger partial charge in [-0.15, -0.1) is 0 Å². The number of carbonyl (C=O) groups excluding carboxylic acids is 1. The Morgan fingerprint density at radius 1 is 1.57 bits per heavy atom. The van der Waals surface area contributed by atoms with Gasteiger partial charge in [-0.25, -0.2) is 0 Å². The Hall–Kier alpha value is -1.16. The highest BCUT2D eigenvalue weighted by Crippen LogP contribution is 2.63. The Kier molecular flexibility index (Phi) is 1.79. The van der Waals surface area contributed by atoms with Gasteiger partial charge in [-0.1, -0.05) is 5.16 Å². The molecule has 0 aliphatic carbocycles. The fourth-order valence-corrected chi connectivity index (χ4v) is 3.93. The molecule has 2 unspecified atom stereocenters. The first-order valence-corrected chi connectivity index (χ1v) is 5.88. The fourth-order valence-electron chi connectivity index (χ4n) is 1.53. The molecule has 0 aromatic rings. The van der Waals surface area contributed by atoms with Gasteiger partial charge in [-0.05, 0) is 13.8 Å². The molecular weight excluding hydrogens is 205 g/mol. The standard InChI is InChI=1S/C7H10N3O3P/c1-4-7-13-9-5(2)14(7,12)10(8-4)6(3)11/h7H,1-3H3. The second-order valence-electron chi connectivity index (χ2n) is 3.27. The normalized spacial score (nSPS) is 34.8. The number of hydrazone groups is 1. The molecular formula is C7H10N3O3P. The summed E-state index contributed by atoms with van der Waals surface area (Å²) in [6.07, 6.45) is 0. The molecule has 0 spiro atoms. The van der Waals surface area contributed by atoms with Gasteiger partial charge in [0.1, 0.15) is 5.45 Å². The van der Waals surface area contributed by atoms with Crippen LogP contribution in [0.3, 0.4) is 0 Å². The van der Waals surface area contributed by atoms with E-state index in [1.165, 1.54) is 6.92 Å². The summed E-state index contributed by atoms with van der Waals surface area (Å²) in [5.41, 5.74) is 0.877. The van der Waals surface area contributed by atoms with Crippen LogP contribution < -0.4 is 0 Å². The Labute approximate surface area is 81.0 Å². The van der Waals surface area contributed by atoms with Gasteiger partial charge in [0.05, 0.1) is 5.71 Å². The molecule has 2 aliphatic heterocycles. The first kappa shape index (κ1) is 9.40. The van der Waals surface area contributed by atoms with Gasteiger partial charge < -0.3 is 4.84 Å². The zero-order valence-corrected chi connectivity index (χ0v) is 8.99. The quantitative estimate of drug-likeness (QED) is 0.570. The van der Waals surface area contributed by atoms with Crippen molar-refractivity contribution in [1.82, 2.24) is 4.78 Å². The van der Waals surface area contributed by atoms with E-state index in [9.17, 15) is 9.36 Å². The molecule has 6 nitrogen and oxygen atoms in total. The van der Waals surface area contributed by atoms with E-state index in [1.807, 2.05) is 0 Å². The minimum absolute atomic E-state index is 0.346. The van der Waals surface area contributed by atoms with E-state index in [1.54, 1.807) is 13.8 Å². The zero-order chi connectivity index (χ0) is 10.5. The van der Waals surface area contributed by atoms with Crippen molar-refractivity contribution in [1.29, 1.82) is 0 Å². The number of carbonyl (C=O) groups is 1. The molecule has 7 heteroatoms. The van der Waals surface area contributed by atoms with E-state index >= 15 is 0 Å². The Balaban J connectivity index is 2.52. The number of nitrogens with zero attached hydrogens (tertiary/aromatic N) is 3. The first-order valence-electron chi connectivity index (χ1n) is 4.15. The van der Waals surface area contributed by atoms with E-state index in [2.05, 4.69) is 10.3 Å². The lowest BCUT2D eigenvalue weighted by molar-refractivity contribution is -0.124. The summed E-state index contributed by atoms with van der Waals surface area (Å²) in [5, 5.41) is 7.58. The van der Waals surface area contributed by atoms with Crippen molar-refractivity contribution < 1.29 is 14.2 Å². The van der Waals surface area contributed by atoms with E-state index in [-0.39, 0.29) is 5.91 Å². The number of fused-ring (bicyclic) bond motifs is 1. The Morgan fingerprint density at radius 3 is 2.79 bits per heavy atom. The molecule has 0 saturated carbocycles. The van der Waals surface area contributed by atoms with Crippen molar-refractivity contribution in [2.24, 2.45) is 10.3 Å².